The van der Waals surface area contributed by atoms with Crippen molar-refractivity contribution in [1.82, 2.24) is 10.2 Å². The topological polar surface area (TPSA) is 41.6 Å². The number of carbonyl (C=O) groups excluding carboxylic acids is 1. The second-order valence-corrected chi connectivity index (χ2v) is 8.71. The summed E-state index contributed by atoms with van der Waals surface area (Å²) >= 11 is 0. The van der Waals surface area contributed by atoms with E-state index < -0.39 is 8.32 Å². The molecule has 0 aromatic heterocycles. The van der Waals surface area contributed by atoms with Gasteiger partial charge in [0, 0.05) is 26.7 Å². The molecule has 0 radical (unpaired) electrons. The fraction of sp³-hybridized carbons (Fsp3) is 0.889. The minimum Gasteiger partial charge on any atom is -0.420 e. The first kappa shape index (κ1) is 11.5. The number of nitrogens with one attached hydrogen (secondary N) is 1. The van der Waals surface area contributed by atoms with Crippen LogP contribution in [0.15, 0.2) is 0 Å². The second-order valence-electron chi connectivity index (χ2n) is 4.29. The molecule has 1 saturated heterocycles. The Hall–Kier alpha value is -0.553. The van der Waals surface area contributed by atoms with E-state index in [1.807, 2.05) is 4.90 Å². The van der Waals surface area contributed by atoms with Gasteiger partial charge in [-0.1, -0.05) is 0 Å². The van der Waals surface area contributed by atoms with E-state index in [-0.39, 0.29) is 6.03 Å². The van der Waals surface area contributed by atoms with Crippen molar-refractivity contribution in [3.05, 3.63) is 0 Å². The molecule has 1 heterocycles. The zero-order valence-electron chi connectivity index (χ0n) is 9.30. The highest BCUT2D eigenvalue weighted by molar-refractivity contribution is 6.71. The Kier molecular flexibility index (Phi) is 3.94. The van der Waals surface area contributed by atoms with Crippen molar-refractivity contribution >= 4 is 14.3 Å². The maximum Gasteiger partial charge on any atom is 0.317 e. The predicted octanol–water partition coefficient (Wildman–Crippen LogP) is 1.25. The summed E-state index contributed by atoms with van der Waals surface area (Å²) in [6.07, 6.45) is 1.06. The van der Waals surface area contributed by atoms with E-state index in [0.29, 0.717) is 0 Å². The van der Waals surface area contributed by atoms with E-state index >= 15 is 0 Å². The minimum atomic E-state index is -1.43. The van der Waals surface area contributed by atoms with Gasteiger partial charge < -0.3 is 14.6 Å². The molecular weight excluding hydrogens is 196 g/mol. The quantitative estimate of drug-likeness (QED) is 0.703. The van der Waals surface area contributed by atoms with Gasteiger partial charge in [0.05, 0.1) is 0 Å². The van der Waals surface area contributed by atoms with Crippen LogP contribution in [-0.2, 0) is 4.43 Å². The van der Waals surface area contributed by atoms with Crippen LogP contribution in [0.5, 0.6) is 0 Å². The molecular formula is C9H20N2O2Si. The van der Waals surface area contributed by atoms with Gasteiger partial charge in [-0.05, 0) is 25.6 Å². The van der Waals surface area contributed by atoms with E-state index in [4.69, 9.17) is 4.43 Å². The van der Waals surface area contributed by atoms with Crippen LogP contribution in [0.3, 0.4) is 0 Å². The molecule has 2 amide bonds. The summed E-state index contributed by atoms with van der Waals surface area (Å²) in [6, 6.07) is 1.20. The van der Waals surface area contributed by atoms with Crippen molar-refractivity contribution in [2.24, 2.45) is 0 Å². The minimum absolute atomic E-state index is 0.0851. The third kappa shape index (κ3) is 3.30. The highest BCUT2D eigenvalue weighted by atomic mass is 28.4. The lowest BCUT2D eigenvalue weighted by Gasteiger charge is -2.21. The van der Waals surface area contributed by atoms with E-state index in [1.165, 1.54) is 0 Å². The van der Waals surface area contributed by atoms with Crippen LogP contribution < -0.4 is 5.32 Å². The Bertz CT molecular complexity index is 209. The molecule has 0 unspecified atom stereocenters. The predicted molar refractivity (Wildman–Crippen MR) is 58.9 cm³/mol. The van der Waals surface area contributed by atoms with E-state index in [1.54, 1.807) is 7.11 Å². The maximum atomic E-state index is 11.2. The zero-order chi connectivity index (χ0) is 10.6. The lowest BCUT2D eigenvalue weighted by molar-refractivity contribution is 0.217. The number of rotatable bonds is 5. The Labute approximate surface area is 86.7 Å². The number of hydrogen-bond acceptors (Lipinski definition) is 2. The molecule has 1 fully saturated rings. The first-order valence-electron chi connectivity index (χ1n) is 5.13. The highest BCUT2D eigenvalue weighted by Gasteiger charge is 2.23. The van der Waals surface area contributed by atoms with E-state index in [9.17, 15) is 4.79 Å². The van der Waals surface area contributed by atoms with Gasteiger partial charge in [-0.15, -0.1) is 0 Å². The molecule has 1 aliphatic heterocycles. The van der Waals surface area contributed by atoms with Gasteiger partial charge in [-0.25, -0.2) is 4.79 Å². The van der Waals surface area contributed by atoms with Crippen molar-refractivity contribution in [2.45, 2.75) is 25.6 Å². The number of nitrogens with zero attached hydrogens (tertiary/aromatic N) is 1. The maximum absolute atomic E-state index is 11.2. The average Bonchev–Trinajstić information content (AvgIpc) is 2.52. The highest BCUT2D eigenvalue weighted by Crippen LogP contribution is 2.13. The molecule has 0 aromatic rings. The molecule has 4 nitrogen and oxygen atoms in total. The summed E-state index contributed by atoms with van der Waals surface area (Å²) in [4.78, 5) is 13.1. The third-order valence-electron chi connectivity index (χ3n) is 2.70. The second kappa shape index (κ2) is 4.79. The summed E-state index contributed by atoms with van der Waals surface area (Å²) in [7, 11) is 0.357. The summed E-state index contributed by atoms with van der Waals surface area (Å²) in [5, 5.41) is 2.80. The van der Waals surface area contributed by atoms with E-state index in [2.05, 4.69) is 18.4 Å². The van der Waals surface area contributed by atoms with Crippen LogP contribution in [0.1, 0.15) is 6.42 Å². The van der Waals surface area contributed by atoms with Gasteiger partial charge >= 0.3 is 6.03 Å². The van der Waals surface area contributed by atoms with Crippen molar-refractivity contribution in [2.75, 3.05) is 26.7 Å². The fourth-order valence-electron chi connectivity index (χ4n) is 1.52. The van der Waals surface area contributed by atoms with Crippen LogP contribution in [-0.4, -0.2) is 46.0 Å². The zero-order valence-corrected chi connectivity index (χ0v) is 10.3. The molecule has 82 valence electrons. The normalized spacial score (nSPS) is 17.4. The molecule has 1 aliphatic rings. The monoisotopic (exact) mass is 216 g/mol. The molecule has 0 spiro atoms. The molecule has 5 heteroatoms. The SMILES string of the molecule is CO[Si](C)(C)CCCN1CCNC1=O. The number of urea groups is 1. The molecule has 0 aromatic carbocycles. The lowest BCUT2D eigenvalue weighted by atomic mass is 10.4. The van der Waals surface area contributed by atoms with Gasteiger partial charge in [0.25, 0.3) is 0 Å². The number of carbonyl (C=O) groups is 1. The van der Waals surface area contributed by atoms with Crippen molar-refractivity contribution < 1.29 is 9.22 Å². The van der Waals surface area contributed by atoms with Gasteiger partial charge in [0.15, 0.2) is 8.32 Å². The number of amides is 2. The fourth-order valence-corrected chi connectivity index (χ4v) is 2.74. The van der Waals surface area contributed by atoms with Crippen LogP contribution in [0.4, 0.5) is 4.79 Å². The van der Waals surface area contributed by atoms with Gasteiger partial charge in [-0.3, -0.25) is 0 Å². The van der Waals surface area contributed by atoms with Crippen LogP contribution >= 0.6 is 0 Å². The Balaban J connectivity index is 2.18. The van der Waals surface area contributed by atoms with Crippen LogP contribution in [0, 0.1) is 0 Å². The largest absolute Gasteiger partial charge is 0.420 e. The van der Waals surface area contributed by atoms with Crippen LogP contribution in [0.25, 0.3) is 0 Å². The molecule has 0 atom stereocenters. The standard InChI is InChI=1S/C9H20N2O2Si/c1-13-14(2,3)8-4-6-11-7-5-10-9(11)12/h4-8H2,1-3H3,(H,10,12). The summed E-state index contributed by atoms with van der Waals surface area (Å²) in [5.41, 5.74) is 0. The Morgan fingerprint density at radius 1 is 1.57 bits per heavy atom. The molecule has 1 N–H and O–H groups in total. The van der Waals surface area contributed by atoms with Crippen molar-refractivity contribution in [3.8, 4) is 0 Å². The Morgan fingerprint density at radius 3 is 2.79 bits per heavy atom. The molecule has 14 heavy (non-hydrogen) atoms. The first-order chi connectivity index (χ1) is 6.55. The van der Waals surface area contributed by atoms with Gasteiger partial charge in [-0.2, -0.15) is 0 Å². The lowest BCUT2D eigenvalue weighted by Crippen LogP contribution is -2.32. The average molecular weight is 216 g/mol. The molecule has 0 saturated carbocycles. The first-order valence-corrected chi connectivity index (χ1v) is 8.25. The summed E-state index contributed by atoms with van der Waals surface area (Å²) in [5.74, 6) is 0. The van der Waals surface area contributed by atoms with Crippen LogP contribution in [0.2, 0.25) is 19.1 Å². The molecule has 0 aliphatic carbocycles. The van der Waals surface area contributed by atoms with Crippen molar-refractivity contribution in [1.29, 1.82) is 0 Å². The summed E-state index contributed by atoms with van der Waals surface area (Å²) in [6.45, 7) is 6.93. The van der Waals surface area contributed by atoms with E-state index in [0.717, 1.165) is 32.1 Å². The third-order valence-corrected chi connectivity index (χ3v) is 5.37. The Morgan fingerprint density at radius 2 is 2.29 bits per heavy atom. The van der Waals surface area contributed by atoms with Gasteiger partial charge in [0.2, 0.25) is 0 Å². The van der Waals surface area contributed by atoms with Gasteiger partial charge in [0.1, 0.15) is 0 Å². The summed E-state index contributed by atoms with van der Waals surface area (Å²) < 4.78 is 5.45. The van der Waals surface area contributed by atoms with Crippen molar-refractivity contribution in [3.63, 3.8) is 0 Å². The number of hydrogen-bond donors (Lipinski definition) is 1. The molecule has 0 bridgehead atoms. The smallest absolute Gasteiger partial charge is 0.317 e. The molecule has 1 rings (SSSR count).